The minimum absolute atomic E-state index is 0.0145. The Labute approximate surface area is 121 Å². The standard InChI is InChI=1S/C13H14N4O4/c1-21-13(18)10-5-6-11(17(19)20)12(15-10)16(8-2-7-14)9-3-4-9/h5-6,9H,2-4,8H2,1H3. The Morgan fingerprint density at radius 1 is 1.62 bits per heavy atom. The molecule has 0 N–H and O–H groups in total. The van der Waals surface area contributed by atoms with Gasteiger partial charge >= 0.3 is 11.7 Å². The average molecular weight is 290 g/mol. The zero-order valence-corrected chi connectivity index (χ0v) is 11.5. The van der Waals surface area contributed by atoms with Crippen LogP contribution < -0.4 is 4.90 Å². The zero-order chi connectivity index (χ0) is 15.4. The summed E-state index contributed by atoms with van der Waals surface area (Å²) in [5.74, 6) is -0.525. The SMILES string of the molecule is COC(=O)c1ccc([N+](=O)[O-])c(N(CCC#N)C2CC2)n1. The molecule has 0 spiro atoms. The quantitative estimate of drug-likeness (QED) is 0.445. The summed E-state index contributed by atoms with van der Waals surface area (Å²) in [6, 6.07) is 4.67. The van der Waals surface area contributed by atoms with Crippen molar-refractivity contribution < 1.29 is 14.5 Å². The molecule has 0 atom stereocenters. The molecule has 8 heteroatoms. The Morgan fingerprint density at radius 2 is 2.33 bits per heavy atom. The van der Waals surface area contributed by atoms with Gasteiger partial charge in [-0.2, -0.15) is 5.26 Å². The fourth-order valence-corrected chi connectivity index (χ4v) is 2.03. The van der Waals surface area contributed by atoms with Gasteiger partial charge in [0.2, 0.25) is 5.82 Å². The van der Waals surface area contributed by atoms with E-state index < -0.39 is 10.9 Å². The van der Waals surface area contributed by atoms with E-state index >= 15 is 0 Å². The van der Waals surface area contributed by atoms with E-state index in [1.54, 1.807) is 4.90 Å². The highest BCUT2D eigenvalue weighted by Gasteiger charge is 2.34. The lowest BCUT2D eigenvalue weighted by Gasteiger charge is -2.22. The molecular weight excluding hydrogens is 276 g/mol. The largest absolute Gasteiger partial charge is 0.464 e. The van der Waals surface area contributed by atoms with E-state index in [-0.39, 0.29) is 29.7 Å². The number of nitriles is 1. The van der Waals surface area contributed by atoms with Crippen LogP contribution in [0, 0.1) is 21.4 Å². The van der Waals surface area contributed by atoms with Crippen molar-refractivity contribution in [3.05, 3.63) is 27.9 Å². The summed E-state index contributed by atoms with van der Waals surface area (Å²) in [6.45, 7) is 0.347. The van der Waals surface area contributed by atoms with Crippen LogP contribution >= 0.6 is 0 Å². The zero-order valence-electron chi connectivity index (χ0n) is 11.5. The van der Waals surface area contributed by atoms with Crippen molar-refractivity contribution in [2.45, 2.75) is 25.3 Å². The first-order valence-corrected chi connectivity index (χ1v) is 6.45. The van der Waals surface area contributed by atoms with E-state index in [1.807, 2.05) is 6.07 Å². The number of methoxy groups -OCH3 is 1. The van der Waals surface area contributed by atoms with E-state index in [1.165, 1.54) is 19.2 Å². The number of hydrogen-bond donors (Lipinski definition) is 0. The number of rotatable bonds is 6. The summed E-state index contributed by atoms with van der Waals surface area (Å²) in [5, 5.41) is 19.9. The van der Waals surface area contributed by atoms with E-state index in [4.69, 9.17) is 5.26 Å². The number of nitrogens with zero attached hydrogens (tertiary/aromatic N) is 4. The highest BCUT2D eigenvalue weighted by molar-refractivity contribution is 5.88. The Morgan fingerprint density at radius 3 is 2.86 bits per heavy atom. The van der Waals surface area contributed by atoms with Crippen LogP contribution in [0.4, 0.5) is 11.5 Å². The third kappa shape index (κ3) is 3.25. The molecule has 0 aliphatic heterocycles. The number of carbonyl (C=O) groups excluding carboxylic acids is 1. The molecule has 0 radical (unpaired) electrons. The molecular formula is C13H14N4O4. The van der Waals surface area contributed by atoms with Gasteiger partial charge in [-0.25, -0.2) is 9.78 Å². The molecule has 0 aromatic carbocycles. The molecule has 0 bridgehead atoms. The van der Waals surface area contributed by atoms with E-state index in [0.717, 1.165) is 12.8 Å². The summed E-state index contributed by atoms with van der Waals surface area (Å²) in [7, 11) is 1.22. The second-order valence-corrected chi connectivity index (χ2v) is 4.62. The van der Waals surface area contributed by atoms with E-state index in [2.05, 4.69) is 9.72 Å². The van der Waals surface area contributed by atoms with Crippen LogP contribution in [-0.2, 0) is 4.74 Å². The van der Waals surface area contributed by atoms with E-state index in [0.29, 0.717) is 6.54 Å². The molecule has 1 heterocycles. The van der Waals surface area contributed by atoms with Gasteiger partial charge in [-0.15, -0.1) is 0 Å². The topological polar surface area (TPSA) is 109 Å². The molecule has 0 unspecified atom stereocenters. The van der Waals surface area contributed by atoms with Crippen LogP contribution in [0.25, 0.3) is 0 Å². The Kier molecular flexibility index (Phi) is 4.33. The number of hydrogen-bond acceptors (Lipinski definition) is 7. The minimum atomic E-state index is -0.651. The summed E-state index contributed by atoms with van der Waals surface area (Å²) in [4.78, 5) is 28.0. The minimum Gasteiger partial charge on any atom is -0.464 e. The predicted octanol–water partition coefficient (Wildman–Crippen LogP) is 1.66. The van der Waals surface area contributed by atoms with Gasteiger partial charge in [0.05, 0.1) is 24.5 Å². The maximum absolute atomic E-state index is 11.5. The molecule has 1 aliphatic carbocycles. The predicted molar refractivity (Wildman–Crippen MR) is 72.8 cm³/mol. The molecule has 0 amide bonds. The highest BCUT2D eigenvalue weighted by Crippen LogP contribution is 2.35. The molecule has 1 aromatic rings. The number of carbonyl (C=O) groups is 1. The molecule has 2 rings (SSSR count). The monoisotopic (exact) mass is 290 g/mol. The Hall–Kier alpha value is -2.69. The first-order valence-electron chi connectivity index (χ1n) is 6.45. The lowest BCUT2D eigenvalue weighted by molar-refractivity contribution is -0.384. The van der Waals surface area contributed by atoms with Gasteiger partial charge in [-0.3, -0.25) is 10.1 Å². The van der Waals surface area contributed by atoms with Crippen molar-refractivity contribution in [3.8, 4) is 6.07 Å². The fraction of sp³-hybridized carbons (Fsp3) is 0.462. The highest BCUT2D eigenvalue weighted by atomic mass is 16.6. The molecule has 21 heavy (non-hydrogen) atoms. The number of pyridine rings is 1. The normalized spacial score (nSPS) is 13.3. The number of esters is 1. The Balaban J connectivity index is 2.43. The molecule has 0 saturated heterocycles. The van der Waals surface area contributed by atoms with Crippen LogP contribution in [0.1, 0.15) is 29.8 Å². The summed E-state index contributed by atoms with van der Waals surface area (Å²) >= 11 is 0. The first-order chi connectivity index (χ1) is 10.1. The molecule has 110 valence electrons. The molecule has 1 aliphatic rings. The van der Waals surface area contributed by atoms with Gasteiger partial charge in [-0.05, 0) is 18.9 Å². The smallest absolute Gasteiger partial charge is 0.356 e. The lowest BCUT2D eigenvalue weighted by atomic mass is 10.2. The van der Waals surface area contributed by atoms with Crippen molar-refractivity contribution in [2.24, 2.45) is 0 Å². The summed E-state index contributed by atoms with van der Waals surface area (Å²) < 4.78 is 4.59. The second kappa shape index (κ2) is 6.17. The maximum Gasteiger partial charge on any atom is 0.356 e. The van der Waals surface area contributed by atoms with Crippen molar-refractivity contribution in [1.29, 1.82) is 5.26 Å². The number of anilines is 1. The molecule has 1 saturated carbocycles. The van der Waals surface area contributed by atoms with Gasteiger partial charge in [0.15, 0.2) is 5.69 Å². The van der Waals surface area contributed by atoms with Crippen molar-refractivity contribution >= 4 is 17.5 Å². The lowest BCUT2D eigenvalue weighted by Crippen LogP contribution is -2.29. The van der Waals surface area contributed by atoms with Crippen LogP contribution in [0.3, 0.4) is 0 Å². The van der Waals surface area contributed by atoms with Crippen LogP contribution in [0.5, 0.6) is 0 Å². The average Bonchev–Trinajstić information content (AvgIpc) is 3.31. The Bertz CT molecular complexity index is 607. The number of nitro groups is 1. The van der Waals surface area contributed by atoms with Crippen LogP contribution in [0.2, 0.25) is 0 Å². The summed E-state index contributed by atoms with van der Waals surface area (Å²) in [5.41, 5.74) is -0.159. The van der Waals surface area contributed by atoms with Gasteiger partial charge in [0.1, 0.15) is 0 Å². The van der Waals surface area contributed by atoms with Crippen molar-refractivity contribution in [2.75, 3.05) is 18.6 Å². The van der Waals surface area contributed by atoms with Crippen molar-refractivity contribution in [3.63, 3.8) is 0 Å². The van der Waals surface area contributed by atoms with Gasteiger partial charge < -0.3 is 9.64 Å². The summed E-state index contributed by atoms with van der Waals surface area (Å²) in [6.07, 6.45) is 2.03. The number of aromatic nitrogens is 1. The van der Waals surface area contributed by atoms with Gasteiger partial charge in [0, 0.05) is 18.7 Å². The van der Waals surface area contributed by atoms with E-state index in [9.17, 15) is 14.9 Å². The second-order valence-electron chi connectivity index (χ2n) is 4.62. The van der Waals surface area contributed by atoms with Crippen LogP contribution in [-0.4, -0.2) is 35.6 Å². The third-order valence-corrected chi connectivity index (χ3v) is 3.17. The fourth-order valence-electron chi connectivity index (χ4n) is 2.03. The molecule has 8 nitrogen and oxygen atoms in total. The maximum atomic E-state index is 11.5. The number of ether oxygens (including phenoxy) is 1. The first kappa shape index (κ1) is 14.7. The van der Waals surface area contributed by atoms with Gasteiger partial charge in [-0.1, -0.05) is 0 Å². The molecule has 1 fully saturated rings. The molecule has 1 aromatic heterocycles. The van der Waals surface area contributed by atoms with Gasteiger partial charge in [0.25, 0.3) is 0 Å². The van der Waals surface area contributed by atoms with Crippen molar-refractivity contribution in [1.82, 2.24) is 4.98 Å². The van der Waals surface area contributed by atoms with Crippen LogP contribution in [0.15, 0.2) is 12.1 Å². The third-order valence-electron chi connectivity index (χ3n) is 3.17.